The van der Waals surface area contributed by atoms with Gasteiger partial charge in [0.2, 0.25) is 0 Å². The molecule has 0 aromatic heterocycles. The number of hydrogen-bond acceptors (Lipinski definition) is 3. The summed E-state index contributed by atoms with van der Waals surface area (Å²) in [5.74, 6) is 1.66. The number of rotatable bonds is 6. The fraction of sp³-hybridized carbons (Fsp3) is 0.905. The second kappa shape index (κ2) is 9.87. The van der Waals surface area contributed by atoms with Crippen molar-refractivity contribution in [1.82, 2.24) is 10.6 Å². The van der Waals surface area contributed by atoms with Crippen LogP contribution < -0.4 is 10.6 Å². The molecular formula is C21H37BrN2O. The zero-order chi connectivity index (χ0) is 17.6. The lowest BCUT2D eigenvalue weighted by atomic mass is 9.74. The Kier molecular flexibility index (Phi) is 7.84. The van der Waals surface area contributed by atoms with Crippen molar-refractivity contribution in [2.75, 3.05) is 13.1 Å². The van der Waals surface area contributed by atoms with Crippen LogP contribution in [0.5, 0.6) is 0 Å². The van der Waals surface area contributed by atoms with Gasteiger partial charge in [0, 0.05) is 4.83 Å². The van der Waals surface area contributed by atoms with Gasteiger partial charge >= 0.3 is 0 Å². The first-order valence-electron chi connectivity index (χ1n) is 10.6. The standard InChI is InChI=1S/C21H37BrN2O/c1-15(2)25-20-11-10-18(22)14-17(20)9-8-16-6-3-4-7-19(16)21-23-12-5-13-24-21/h14-16,18-21,23-24H,3-13H2,1-2H3/t16?,18?,19-,20?/m1/s1. The van der Waals surface area contributed by atoms with Crippen molar-refractivity contribution >= 4 is 15.9 Å². The Hall–Kier alpha value is 0.100. The van der Waals surface area contributed by atoms with Gasteiger partial charge in [-0.3, -0.25) is 0 Å². The maximum absolute atomic E-state index is 6.22. The number of ether oxygens (including phenoxy) is 1. The molecule has 2 aliphatic carbocycles. The molecule has 0 aromatic carbocycles. The molecule has 0 spiro atoms. The lowest BCUT2D eigenvalue weighted by Gasteiger charge is -2.40. The highest BCUT2D eigenvalue weighted by atomic mass is 79.9. The molecule has 3 unspecified atom stereocenters. The van der Waals surface area contributed by atoms with Crippen molar-refractivity contribution in [2.45, 2.75) is 94.8 Å². The van der Waals surface area contributed by atoms with E-state index in [1.54, 1.807) is 5.57 Å². The molecule has 1 aliphatic heterocycles. The topological polar surface area (TPSA) is 33.3 Å². The number of halogens is 1. The summed E-state index contributed by atoms with van der Waals surface area (Å²) in [7, 11) is 0. The summed E-state index contributed by atoms with van der Waals surface area (Å²) >= 11 is 3.81. The van der Waals surface area contributed by atoms with Crippen molar-refractivity contribution in [3.63, 3.8) is 0 Å². The predicted molar refractivity (Wildman–Crippen MR) is 109 cm³/mol. The van der Waals surface area contributed by atoms with E-state index in [2.05, 4.69) is 46.5 Å². The number of alkyl halides is 1. The van der Waals surface area contributed by atoms with Crippen LogP contribution >= 0.6 is 15.9 Å². The van der Waals surface area contributed by atoms with Crippen LogP contribution in [0.2, 0.25) is 0 Å². The molecule has 2 N–H and O–H groups in total. The smallest absolute Gasteiger partial charge is 0.0789 e. The third-order valence-corrected chi connectivity index (χ3v) is 6.95. The highest BCUT2D eigenvalue weighted by molar-refractivity contribution is 9.09. The molecule has 1 heterocycles. The third-order valence-electron chi connectivity index (χ3n) is 6.23. The largest absolute Gasteiger partial charge is 0.371 e. The van der Waals surface area contributed by atoms with Crippen LogP contribution in [0.4, 0.5) is 0 Å². The minimum absolute atomic E-state index is 0.318. The van der Waals surface area contributed by atoms with Gasteiger partial charge in [-0.2, -0.15) is 0 Å². The fourth-order valence-corrected chi connectivity index (χ4v) is 5.62. The van der Waals surface area contributed by atoms with E-state index < -0.39 is 0 Å². The normalized spacial score (nSPS) is 35.0. The second-order valence-corrected chi connectivity index (χ2v) is 9.67. The first kappa shape index (κ1) is 19.9. The van der Waals surface area contributed by atoms with E-state index in [1.165, 1.54) is 70.9 Å². The van der Waals surface area contributed by atoms with Crippen LogP contribution in [0.1, 0.15) is 71.6 Å². The van der Waals surface area contributed by atoms with Crippen molar-refractivity contribution in [3.05, 3.63) is 11.6 Å². The maximum atomic E-state index is 6.22. The predicted octanol–water partition coefficient (Wildman–Crippen LogP) is 4.76. The zero-order valence-electron chi connectivity index (χ0n) is 16.1. The molecule has 25 heavy (non-hydrogen) atoms. The molecule has 0 radical (unpaired) electrons. The molecule has 0 aromatic rings. The minimum atomic E-state index is 0.318. The number of hydrogen-bond donors (Lipinski definition) is 2. The Balaban J connectivity index is 1.59. The van der Waals surface area contributed by atoms with E-state index in [0.717, 1.165) is 11.8 Å². The molecule has 0 amide bonds. The van der Waals surface area contributed by atoms with Gasteiger partial charge in [-0.1, -0.05) is 41.3 Å². The van der Waals surface area contributed by atoms with E-state index in [0.29, 0.717) is 23.2 Å². The molecule has 4 heteroatoms. The lowest BCUT2D eigenvalue weighted by Crippen LogP contribution is -2.54. The average molecular weight is 413 g/mol. The van der Waals surface area contributed by atoms with Gasteiger partial charge in [0.25, 0.3) is 0 Å². The molecule has 4 atom stereocenters. The van der Waals surface area contributed by atoms with Gasteiger partial charge in [0.1, 0.15) is 0 Å². The number of nitrogens with one attached hydrogen (secondary N) is 2. The van der Waals surface area contributed by atoms with Crippen LogP contribution in [0.15, 0.2) is 11.6 Å². The summed E-state index contributed by atoms with van der Waals surface area (Å²) in [6, 6.07) is 0. The van der Waals surface area contributed by atoms with Gasteiger partial charge in [-0.15, -0.1) is 0 Å². The zero-order valence-corrected chi connectivity index (χ0v) is 17.7. The summed E-state index contributed by atoms with van der Waals surface area (Å²) in [6.45, 7) is 6.69. The molecule has 3 aliphatic rings. The van der Waals surface area contributed by atoms with Gasteiger partial charge in [0.15, 0.2) is 0 Å². The van der Waals surface area contributed by atoms with Gasteiger partial charge in [-0.05, 0) is 82.9 Å². The molecule has 3 nitrogen and oxygen atoms in total. The molecule has 144 valence electrons. The monoisotopic (exact) mass is 412 g/mol. The van der Waals surface area contributed by atoms with Crippen molar-refractivity contribution in [1.29, 1.82) is 0 Å². The summed E-state index contributed by atoms with van der Waals surface area (Å²) in [5.41, 5.74) is 1.55. The summed E-state index contributed by atoms with van der Waals surface area (Å²) in [4.78, 5) is 0.540. The van der Waals surface area contributed by atoms with Crippen LogP contribution in [-0.2, 0) is 4.74 Å². The van der Waals surface area contributed by atoms with E-state index in [-0.39, 0.29) is 0 Å². The highest BCUT2D eigenvalue weighted by Gasteiger charge is 2.33. The Morgan fingerprint density at radius 3 is 2.60 bits per heavy atom. The first-order valence-corrected chi connectivity index (χ1v) is 11.5. The van der Waals surface area contributed by atoms with E-state index in [1.807, 2.05) is 0 Å². The van der Waals surface area contributed by atoms with E-state index >= 15 is 0 Å². The van der Waals surface area contributed by atoms with Crippen molar-refractivity contribution in [3.8, 4) is 0 Å². The van der Waals surface area contributed by atoms with Crippen LogP contribution in [0.25, 0.3) is 0 Å². The Morgan fingerprint density at radius 1 is 1.08 bits per heavy atom. The summed E-state index contributed by atoms with van der Waals surface area (Å²) in [6.07, 6.45) is 15.5. The Morgan fingerprint density at radius 2 is 1.84 bits per heavy atom. The van der Waals surface area contributed by atoms with E-state index in [9.17, 15) is 0 Å². The molecular weight excluding hydrogens is 376 g/mol. The highest BCUT2D eigenvalue weighted by Crippen LogP contribution is 2.38. The Labute approximate surface area is 162 Å². The third kappa shape index (κ3) is 5.79. The van der Waals surface area contributed by atoms with Crippen molar-refractivity contribution < 1.29 is 4.74 Å². The fourth-order valence-electron chi connectivity index (χ4n) is 5.01. The minimum Gasteiger partial charge on any atom is -0.371 e. The molecule has 2 fully saturated rings. The van der Waals surface area contributed by atoms with Crippen molar-refractivity contribution in [2.24, 2.45) is 11.8 Å². The lowest BCUT2D eigenvalue weighted by molar-refractivity contribution is 0.0183. The molecule has 1 saturated carbocycles. The Bertz CT molecular complexity index is 434. The quantitative estimate of drug-likeness (QED) is 0.487. The molecule has 1 saturated heterocycles. The van der Waals surface area contributed by atoms with Gasteiger partial charge in [0.05, 0.1) is 18.4 Å². The summed E-state index contributed by atoms with van der Waals surface area (Å²) < 4.78 is 6.22. The van der Waals surface area contributed by atoms with Crippen LogP contribution in [0.3, 0.4) is 0 Å². The SMILES string of the molecule is CC(C)OC1CCC(Br)C=C1CCC1CCCC[C@H]1C1NCCCN1. The average Bonchev–Trinajstić information content (AvgIpc) is 2.62. The van der Waals surface area contributed by atoms with Crippen LogP contribution in [-0.4, -0.2) is 36.3 Å². The first-order chi connectivity index (χ1) is 12.1. The second-order valence-electron chi connectivity index (χ2n) is 8.49. The number of allylic oxidation sites excluding steroid dienone is 1. The maximum Gasteiger partial charge on any atom is 0.0789 e. The molecule has 0 bridgehead atoms. The van der Waals surface area contributed by atoms with E-state index in [4.69, 9.17) is 4.74 Å². The summed E-state index contributed by atoms with van der Waals surface area (Å²) in [5, 5.41) is 7.48. The van der Waals surface area contributed by atoms with Gasteiger partial charge in [-0.25, -0.2) is 0 Å². The van der Waals surface area contributed by atoms with Gasteiger partial charge < -0.3 is 15.4 Å². The van der Waals surface area contributed by atoms with Crippen LogP contribution in [0, 0.1) is 11.8 Å². The molecule has 3 rings (SSSR count).